The van der Waals surface area contributed by atoms with Gasteiger partial charge in [-0.15, -0.1) is 5.10 Å². The lowest BCUT2D eigenvalue weighted by Gasteiger charge is -2.08. The van der Waals surface area contributed by atoms with Crippen LogP contribution < -0.4 is 15.4 Å². The average molecular weight is 260 g/mol. The van der Waals surface area contributed by atoms with Gasteiger partial charge in [0.05, 0.1) is 12.6 Å². The second-order valence-electron chi connectivity index (χ2n) is 4.33. The number of benzene rings is 1. The van der Waals surface area contributed by atoms with Crippen LogP contribution in [-0.2, 0) is 6.54 Å². The molecule has 0 fully saturated rings. The molecule has 0 radical (unpaired) electrons. The van der Waals surface area contributed by atoms with Crippen molar-refractivity contribution in [2.75, 3.05) is 18.5 Å². The summed E-state index contributed by atoms with van der Waals surface area (Å²) in [6.45, 7) is 4.06. The Morgan fingerprint density at radius 2 is 2.21 bits per heavy atom. The first kappa shape index (κ1) is 12.0. The normalized spacial score (nSPS) is 17.0. The fourth-order valence-corrected chi connectivity index (χ4v) is 2.05. The summed E-state index contributed by atoms with van der Waals surface area (Å²) in [5.74, 6) is 1.49. The maximum Gasteiger partial charge on any atom is 0.316 e. The molecule has 1 aromatic heterocycles. The molecule has 3 rings (SSSR count). The van der Waals surface area contributed by atoms with Gasteiger partial charge in [0.25, 0.3) is 0 Å². The molecule has 6 nitrogen and oxygen atoms in total. The molecule has 1 unspecified atom stereocenters. The summed E-state index contributed by atoms with van der Waals surface area (Å²) in [4.78, 5) is 0. The molecule has 1 aliphatic heterocycles. The van der Waals surface area contributed by atoms with Gasteiger partial charge in [0, 0.05) is 5.56 Å². The minimum Gasteiger partial charge on any atom is -0.491 e. The van der Waals surface area contributed by atoms with Crippen LogP contribution in [0.2, 0.25) is 0 Å². The quantitative estimate of drug-likeness (QED) is 0.853. The van der Waals surface area contributed by atoms with Crippen LogP contribution >= 0.6 is 0 Å². The Morgan fingerprint density at radius 3 is 3.11 bits per heavy atom. The smallest absolute Gasteiger partial charge is 0.316 e. The topological polar surface area (TPSA) is 72.2 Å². The monoisotopic (exact) mass is 260 g/mol. The van der Waals surface area contributed by atoms with E-state index < -0.39 is 0 Å². The number of fused-ring (bicyclic) bond motifs is 1. The van der Waals surface area contributed by atoms with E-state index in [9.17, 15) is 0 Å². The number of hydrogen-bond acceptors (Lipinski definition) is 6. The minimum atomic E-state index is 0.0589. The molecule has 0 bridgehead atoms. The lowest BCUT2D eigenvalue weighted by Crippen LogP contribution is -2.12. The van der Waals surface area contributed by atoms with E-state index in [0.717, 1.165) is 17.9 Å². The van der Waals surface area contributed by atoms with Crippen LogP contribution in [0.15, 0.2) is 28.7 Å². The molecule has 0 saturated carbocycles. The van der Waals surface area contributed by atoms with Crippen LogP contribution in [0.25, 0.3) is 0 Å². The zero-order valence-electron chi connectivity index (χ0n) is 10.7. The average Bonchev–Trinajstić information content (AvgIpc) is 3.05. The first-order chi connectivity index (χ1) is 9.36. The summed E-state index contributed by atoms with van der Waals surface area (Å²) < 4.78 is 11.1. The molecule has 2 aromatic rings. The molecule has 0 saturated heterocycles. The van der Waals surface area contributed by atoms with Gasteiger partial charge in [0.15, 0.2) is 0 Å². The number of nitrogens with one attached hydrogen (secondary N) is 2. The van der Waals surface area contributed by atoms with Gasteiger partial charge in [-0.05, 0) is 12.6 Å². The highest BCUT2D eigenvalue weighted by Gasteiger charge is 2.24. The van der Waals surface area contributed by atoms with Gasteiger partial charge < -0.3 is 19.8 Å². The Hall–Kier alpha value is -2.08. The van der Waals surface area contributed by atoms with E-state index in [1.54, 1.807) is 0 Å². The molecule has 2 heterocycles. The molecule has 1 aliphatic rings. The summed E-state index contributed by atoms with van der Waals surface area (Å²) in [6, 6.07) is 8.44. The van der Waals surface area contributed by atoms with Crippen LogP contribution in [0, 0.1) is 0 Å². The van der Waals surface area contributed by atoms with Crippen molar-refractivity contribution in [1.82, 2.24) is 15.5 Å². The molecule has 100 valence electrons. The molecule has 1 atom stereocenters. The van der Waals surface area contributed by atoms with Crippen molar-refractivity contribution in [1.29, 1.82) is 0 Å². The summed E-state index contributed by atoms with van der Waals surface area (Å²) in [5.41, 5.74) is 1.12. The van der Waals surface area contributed by atoms with Crippen molar-refractivity contribution in [2.45, 2.75) is 19.5 Å². The Balaban J connectivity index is 1.68. The number of nitrogens with zero attached hydrogens (tertiary/aromatic N) is 2. The number of para-hydroxylation sites is 1. The molecule has 1 aromatic carbocycles. The van der Waals surface area contributed by atoms with Crippen molar-refractivity contribution in [3.05, 3.63) is 35.7 Å². The summed E-state index contributed by atoms with van der Waals surface area (Å²) in [6.07, 6.45) is 0. The van der Waals surface area contributed by atoms with Gasteiger partial charge in [-0.3, -0.25) is 0 Å². The molecule has 6 heteroatoms. The Labute approximate surface area is 111 Å². The number of rotatable bonds is 5. The van der Waals surface area contributed by atoms with E-state index in [2.05, 4.69) is 20.8 Å². The van der Waals surface area contributed by atoms with E-state index >= 15 is 0 Å². The third-order valence-corrected chi connectivity index (χ3v) is 2.99. The number of ether oxygens (including phenoxy) is 1. The van der Waals surface area contributed by atoms with Crippen molar-refractivity contribution in [2.24, 2.45) is 0 Å². The second kappa shape index (κ2) is 5.27. The van der Waals surface area contributed by atoms with Crippen molar-refractivity contribution in [3.63, 3.8) is 0 Å². The number of hydrogen-bond donors (Lipinski definition) is 2. The number of aromatic nitrogens is 2. The maximum atomic E-state index is 5.59. The van der Waals surface area contributed by atoms with Crippen molar-refractivity contribution < 1.29 is 9.15 Å². The van der Waals surface area contributed by atoms with E-state index in [0.29, 0.717) is 25.1 Å². The molecule has 0 spiro atoms. The third-order valence-electron chi connectivity index (χ3n) is 2.99. The molecule has 2 N–H and O–H groups in total. The molecule has 0 amide bonds. The van der Waals surface area contributed by atoms with Crippen LogP contribution in [-0.4, -0.2) is 23.3 Å². The second-order valence-corrected chi connectivity index (χ2v) is 4.33. The molecular formula is C13H16N4O2. The fraction of sp³-hybridized carbons (Fsp3) is 0.385. The van der Waals surface area contributed by atoms with Crippen LogP contribution in [0.4, 0.5) is 6.01 Å². The van der Waals surface area contributed by atoms with E-state index in [1.165, 1.54) is 0 Å². The lowest BCUT2D eigenvalue weighted by molar-refractivity contribution is 0.337. The van der Waals surface area contributed by atoms with Crippen molar-refractivity contribution in [3.8, 4) is 5.75 Å². The van der Waals surface area contributed by atoms with Gasteiger partial charge >= 0.3 is 6.01 Å². The van der Waals surface area contributed by atoms with Gasteiger partial charge in [-0.1, -0.05) is 30.2 Å². The standard InChI is InChI=1S/C13H16N4O2/c1-2-14-7-12-16-17-13(19-12)15-10-8-18-11-6-4-3-5-9(10)11/h3-6,10,14H,2,7-8H2,1H3,(H,15,17). The molecule has 0 aliphatic carbocycles. The van der Waals surface area contributed by atoms with E-state index in [1.807, 2.05) is 31.2 Å². The Bertz CT molecular complexity index is 555. The third kappa shape index (κ3) is 2.53. The maximum absolute atomic E-state index is 5.59. The van der Waals surface area contributed by atoms with Gasteiger partial charge in [0.1, 0.15) is 12.4 Å². The van der Waals surface area contributed by atoms with Gasteiger partial charge in [-0.25, -0.2) is 0 Å². The Morgan fingerprint density at radius 1 is 1.32 bits per heavy atom. The highest BCUT2D eigenvalue weighted by Crippen LogP contribution is 2.33. The zero-order chi connectivity index (χ0) is 13.1. The first-order valence-electron chi connectivity index (χ1n) is 6.38. The van der Waals surface area contributed by atoms with Crippen molar-refractivity contribution >= 4 is 6.01 Å². The highest BCUT2D eigenvalue weighted by atomic mass is 16.5. The van der Waals surface area contributed by atoms with Gasteiger partial charge in [-0.2, -0.15) is 0 Å². The van der Waals surface area contributed by atoms with E-state index in [-0.39, 0.29) is 6.04 Å². The largest absolute Gasteiger partial charge is 0.491 e. The van der Waals surface area contributed by atoms with Crippen LogP contribution in [0.1, 0.15) is 24.4 Å². The summed E-state index contributed by atoms with van der Waals surface area (Å²) in [7, 11) is 0. The lowest BCUT2D eigenvalue weighted by atomic mass is 10.1. The fourth-order valence-electron chi connectivity index (χ4n) is 2.05. The van der Waals surface area contributed by atoms with Crippen LogP contribution in [0.5, 0.6) is 5.75 Å². The van der Waals surface area contributed by atoms with E-state index in [4.69, 9.17) is 9.15 Å². The predicted octanol–water partition coefficient (Wildman–Crippen LogP) is 1.72. The first-order valence-corrected chi connectivity index (χ1v) is 6.38. The summed E-state index contributed by atoms with van der Waals surface area (Å²) >= 11 is 0. The SMILES string of the molecule is CCNCc1nnc(NC2COc3ccccc32)o1. The highest BCUT2D eigenvalue weighted by molar-refractivity contribution is 5.43. The molecule has 19 heavy (non-hydrogen) atoms. The zero-order valence-corrected chi connectivity index (χ0v) is 10.7. The minimum absolute atomic E-state index is 0.0589. The van der Waals surface area contributed by atoms with Crippen LogP contribution in [0.3, 0.4) is 0 Å². The predicted molar refractivity (Wildman–Crippen MR) is 70.0 cm³/mol. The van der Waals surface area contributed by atoms with Gasteiger partial charge in [0.2, 0.25) is 5.89 Å². The summed E-state index contributed by atoms with van der Waals surface area (Å²) in [5, 5.41) is 14.3. The number of anilines is 1. The molecular weight excluding hydrogens is 244 g/mol. The Kier molecular flexibility index (Phi) is 3.33.